The van der Waals surface area contributed by atoms with Gasteiger partial charge in [-0.1, -0.05) is 11.6 Å². The molecule has 0 bridgehead atoms. The van der Waals surface area contributed by atoms with Crippen molar-refractivity contribution < 1.29 is 18.3 Å². The summed E-state index contributed by atoms with van der Waals surface area (Å²) in [5, 5.41) is 7.29. The molecule has 1 aliphatic heterocycles. The number of hydrogen-bond acceptors (Lipinski definition) is 6. The van der Waals surface area contributed by atoms with E-state index in [0.29, 0.717) is 34.5 Å². The summed E-state index contributed by atoms with van der Waals surface area (Å²) in [4.78, 5) is 13.1. The third-order valence-electron chi connectivity index (χ3n) is 7.48. The van der Waals surface area contributed by atoms with Gasteiger partial charge in [-0.05, 0) is 62.1 Å². The van der Waals surface area contributed by atoms with Crippen LogP contribution >= 0.6 is 22.4 Å². The van der Waals surface area contributed by atoms with Crippen molar-refractivity contribution in [3.8, 4) is 0 Å². The lowest BCUT2D eigenvalue weighted by Gasteiger charge is -2.40. The molecule has 11 heteroatoms. The third kappa shape index (κ3) is 4.12. The van der Waals surface area contributed by atoms with Crippen LogP contribution in [0.3, 0.4) is 0 Å². The average molecular weight is 498 g/mol. The molecule has 1 saturated heterocycles. The second-order valence-electron chi connectivity index (χ2n) is 9.50. The number of rotatable bonds is 4. The van der Waals surface area contributed by atoms with E-state index in [4.69, 9.17) is 17.3 Å². The smallest absolute Gasteiger partial charge is 0.261 e. The first-order valence-electron chi connectivity index (χ1n) is 11.3. The molecule has 2 heterocycles. The molecule has 3 aliphatic rings. The molecule has 0 radical (unpaired) electrons. The van der Waals surface area contributed by atoms with Crippen LogP contribution in [-0.4, -0.2) is 47.4 Å². The number of nitrogens with two attached hydrogens (primary N) is 1. The van der Waals surface area contributed by atoms with Gasteiger partial charge in [0.2, 0.25) is 0 Å². The molecular formula is C22H29ClFN5O3S. The van der Waals surface area contributed by atoms with Crippen LogP contribution in [0.5, 0.6) is 0 Å². The predicted molar refractivity (Wildman–Crippen MR) is 128 cm³/mol. The standard InChI is InChI=1S/C22H29ClFN5O3S/c1-28-21(25)19(22(30)26-15-3-4-18(24)17(23)11-15)20(27-28)14-7-12-9-16(10-13(12)8-14)29-5-2-6-33(29,31)32/h3-4,11-14,16,31-32H,2,5-10,25H2,1H3,(H,26,30). The summed E-state index contributed by atoms with van der Waals surface area (Å²) >= 11 is 5.84. The van der Waals surface area contributed by atoms with Crippen molar-refractivity contribution in [2.75, 3.05) is 23.3 Å². The third-order valence-corrected chi connectivity index (χ3v) is 9.84. The number of aromatic nitrogens is 2. The van der Waals surface area contributed by atoms with Crippen LogP contribution in [0.15, 0.2) is 18.2 Å². The van der Waals surface area contributed by atoms with Gasteiger partial charge in [0.25, 0.3) is 5.91 Å². The predicted octanol–water partition coefficient (Wildman–Crippen LogP) is 4.69. The Morgan fingerprint density at radius 2 is 1.97 bits per heavy atom. The van der Waals surface area contributed by atoms with Gasteiger partial charge in [-0.3, -0.25) is 18.6 Å². The Hall–Kier alpha value is -1.85. The maximum atomic E-state index is 13.5. The topological polar surface area (TPSA) is 117 Å². The number of aryl methyl sites for hydroxylation is 1. The highest BCUT2D eigenvalue weighted by Gasteiger charge is 2.48. The molecule has 2 aromatic rings. The van der Waals surface area contributed by atoms with Crippen molar-refractivity contribution in [2.45, 2.75) is 44.1 Å². The first-order chi connectivity index (χ1) is 15.6. The molecule has 3 fully saturated rings. The average Bonchev–Trinajstić information content (AvgIpc) is 3.47. The number of amides is 1. The fraction of sp³-hybridized carbons (Fsp3) is 0.545. The second-order valence-corrected chi connectivity index (χ2v) is 12.0. The fourth-order valence-electron chi connectivity index (χ4n) is 5.99. The lowest BCUT2D eigenvalue weighted by molar-refractivity contribution is 0.102. The summed E-state index contributed by atoms with van der Waals surface area (Å²) in [5.41, 5.74) is 7.66. The Labute approximate surface area is 198 Å². The molecule has 1 aromatic heterocycles. The van der Waals surface area contributed by atoms with Crippen LogP contribution in [0.2, 0.25) is 5.02 Å². The molecule has 2 aliphatic carbocycles. The van der Waals surface area contributed by atoms with Crippen molar-refractivity contribution in [3.05, 3.63) is 40.3 Å². The minimum Gasteiger partial charge on any atom is -0.383 e. The summed E-state index contributed by atoms with van der Waals surface area (Å²) in [7, 11) is -0.891. The molecule has 0 spiro atoms. The van der Waals surface area contributed by atoms with Crippen molar-refractivity contribution in [1.29, 1.82) is 0 Å². The van der Waals surface area contributed by atoms with E-state index < -0.39 is 16.6 Å². The number of halogens is 2. The molecule has 33 heavy (non-hydrogen) atoms. The van der Waals surface area contributed by atoms with E-state index in [9.17, 15) is 18.3 Å². The number of benzene rings is 1. The van der Waals surface area contributed by atoms with E-state index in [-0.39, 0.29) is 28.7 Å². The highest BCUT2D eigenvalue weighted by Crippen LogP contribution is 2.57. The van der Waals surface area contributed by atoms with E-state index in [0.717, 1.165) is 38.6 Å². The molecular weight excluding hydrogens is 469 g/mol. The number of nitrogens with one attached hydrogen (secondary N) is 1. The Morgan fingerprint density at radius 3 is 2.58 bits per heavy atom. The van der Waals surface area contributed by atoms with Gasteiger partial charge in [0.1, 0.15) is 17.2 Å². The Morgan fingerprint density at radius 1 is 1.27 bits per heavy atom. The lowest BCUT2D eigenvalue weighted by atomic mass is 9.95. The minimum atomic E-state index is -2.61. The molecule has 1 aromatic carbocycles. The summed E-state index contributed by atoms with van der Waals surface area (Å²) in [6.07, 6.45) is 4.51. The van der Waals surface area contributed by atoms with Gasteiger partial charge in [-0.15, -0.1) is 10.8 Å². The first kappa shape index (κ1) is 22.9. The van der Waals surface area contributed by atoms with Crippen LogP contribution in [0.4, 0.5) is 15.9 Å². The molecule has 2 saturated carbocycles. The monoisotopic (exact) mass is 497 g/mol. The van der Waals surface area contributed by atoms with Gasteiger partial charge in [0.15, 0.2) is 0 Å². The van der Waals surface area contributed by atoms with E-state index in [1.165, 1.54) is 22.9 Å². The van der Waals surface area contributed by atoms with E-state index in [2.05, 4.69) is 10.4 Å². The zero-order valence-corrected chi connectivity index (χ0v) is 19.9. The number of carbonyl (C=O) groups excluding carboxylic acids is 1. The Bertz CT molecular complexity index is 1080. The van der Waals surface area contributed by atoms with Gasteiger partial charge in [0, 0.05) is 31.2 Å². The number of fused-ring (bicyclic) bond motifs is 1. The van der Waals surface area contributed by atoms with Gasteiger partial charge >= 0.3 is 0 Å². The molecule has 5 N–H and O–H groups in total. The molecule has 1 amide bonds. The highest BCUT2D eigenvalue weighted by molar-refractivity contribution is 8.22. The van der Waals surface area contributed by atoms with Crippen LogP contribution in [0.1, 0.15) is 54.1 Å². The minimum absolute atomic E-state index is 0.0695. The Kier molecular flexibility index (Phi) is 5.85. The van der Waals surface area contributed by atoms with Gasteiger partial charge in [0.05, 0.1) is 16.5 Å². The molecule has 8 nitrogen and oxygen atoms in total. The van der Waals surface area contributed by atoms with E-state index in [1.54, 1.807) is 7.05 Å². The summed E-state index contributed by atoms with van der Waals surface area (Å²) in [6.45, 7) is 0.754. The summed E-state index contributed by atoms with van der Waals surface area (Å²) < 4.78 is 37.6. The normalized spacial score (nSPS) is 29.8. The fourth-order valence-corrected chi connectivity index (χ4v) is 7.99. The molecule has 2 unspecified atom stereocenters. The van der Waals surface area contributed by atoms with Crippen molar-refractivity contribution in [1.82, 2.24) is 14.1 Å². The maximum absolute atomic E-state index is 13.5. The maximum Gasteiger partial charge on any atom is 0.261 e. The number of nitrogen functional groups attached to an aromatic ring is 1. The van der Waals surface area contributed by atoms with Gasteiger partial charge in [-0.25, -0.2) is 8.70 Å². The van der Waals surface area contributed by atoms with E-state index in [1.807, 2.05) is 4.31 Å². The van der Waals surface area contributed by atoms with Crippen LogP contribution in [-0.2, 0) is 7.05 Å². The number of carbonyl (C=O) groups is 1. The zero-order valence-electron chi connectivity index (χ0n) is 18.4. The van der Waals surface area contributed by atoms with Crippen molar-refractivity contribution in [3.63, 3.8) is 0 Å². The molecule has 2 atom stereocenters. The van der Waals surface area contributed by atoms with E-state index >= 15 is 0 Å². The second kappa shape index (κ2) is 8.42. The van der Waals surface area contributed by atoms with Crippen molar-refractivity contribution in [2.24, 2.45) is 18.9 Å². The van der Waals surface area contributed by atoms with Crippen LogP contribution < -0.4 is 11.1 Å². The number of hydrogen-bond donors (Lipinski definition) is 4. The zero-order chi connectivity index (χ0) is 23.5. The van der Waals surface area contributed by atoms with Crippen LogP contribution in [0.25, 0.3) is 0 Å². The summed E-state index contributed by atoms with van der Waals surface area (Å²) in [6, 6.07) is 4.24. The highest BCUT2D eigenvalue weighted by atomic mass is 35.5. The first-order valence-corrected chi connectivity index (χ1v) is 13.3. The largest absolute Gasteiger partial charge is 0.383 e. The lowest BCUT2D eigenvalue weighted by Crippen LogP contribution is -2.33. The molecule has 5 rings (SSSR count). The van der Waals surface area contributed by atoms with Crippen LogP contribution in [0, 0.1) is 17.7 Å². The molecule has 180 valence electrons. The number of nitrogens with zero attached hydrogens (tertiary/aromatic N) is 3. The number of anilines is 2. The van der Waals surface area contributed by atoms with Crippen molar-refractivity contribution >= 4 is 39.8 Å². The van der Waals surface area contributed by atoms with Gasteiger partial charge < -0.3 is 11.1 Å². The summed E-state index contributed by atoms with van der Waals surface area (Å²) in [5.74, 6) is 0.864. The van der Waals surface area contributed by atoms with Gasteiger partial charge in [-0.2, -0.15) is 5.10 Å². The quantitative estimate of drug-likeness (QED) is 0.487. The SMILES string of the molecule is Cn1nc(C2CC3CC(N4CCCS4(O)O)CC3C2)c(C(=O)Nc2ccc(F)c(Cl)c2)c1N. The Balaban J connectivity index is 1.32.